The molecule has 4 heteroatoms. The summed E-state index contributed by atoms with van der Waals surface area (Å²) >= 11 is 0. The van der Waals surface area contributed by atoms with E-state index in [1.165, 1.54) is 0 Å². The number of aliphatic hydroxyl groups is 1. The molecular formula is C16H24N2O2. The standard InChI is InChI=1S/C16H24N2O2/c1-12(2)18(11-14-9-6-10-17-14)16(20)15(19)13-7-4-3-5-8-13/h3-5,7-8,12,14-15,17,19H,6,9-11H2,1-2H3. The number of amides is 1. The normalized spacial score (nSPS) is 20.1. The Bertz CT molecular complexity index is 427. The van der Waals surface area contributed by atoms with Crippen LogP contribution in [0.3, 0.4) is 0 Å². The van der Waals surface area contributed by atoms with Gasteiger partial charge in [0.05, 0.1) is 0 Å². The predicted molar refractivity (Wildman–Crippen MR) is 79.3 cm³/mol. The van der Waals surface area contributed by atoms with Crippen molar-refractivity contribution in [1.29, 1.82) is 0 Å². The van der Waals surface area contributed by atoms with Gasteiger partial charge >= 0.3 is 0 Å². The molecule has 20 heavy (non-hydrogen) atoms. The van der Waals surface area contributed by atoms with Gasteiger partial charge in [-0.15, -0.1) is 0 Å². The summed E-state index contributed by atoms with van der Waals surface area (Å²) in [5.74, 6) is -0.208. The molecule has 4 nitrogen and oxygen atoms in total. The lowest BCUT2D eigenvalue weighted by molar-refractivity contribution is -0.142. The first-order chi connectivity index (χ1) is 9.59. The molecule has 1 aliphatic rings. The Morgan fingerprint density at radius 1 is 1.40 bits per heavy atom. The lowest BCUT2D eigenvalue weighted by Crippen LogP contribution is -2.46. The number of carbonyl (C=O) groups is 1. The quantitative estimate of drug-likeness (QED) is 0.861. The van der Waals surface area contributed by atoms with Gasteiger partial charge in [-0.2, -0.15) is 0 Å². The zero-order valence-corrected chi connectivity index (χ0v) is 12.2. The average Bonchev–Trinajstić information content (AvgIpc) is 2.97. The summed E-state index contributed by atoms with van der Waals surface area (Å²) in [5, 5.41) is 13.7. The molecule has 110 valence electrons. The first kappa shape index (κ1) is 15.0. The average molecular weight is 276 g/mol. The molecular weight excluding hydrogens is 252 g/mol. The molecule has 1 aromatic carbocycles. The van der Waals surface area contributed by atoms with E-state index in [-0.39, 0.29) is 11.9 Å². The van der Waals surface area contributed by atoms with Gasteiger partial charge in [0.1, 0.15) is 0 Å². The molecule has 1 saturated heterocycles. The molecule has 1 heterocycles. The van der Waals surface area contributed by atoms with Crippen molar-refractivity contribution in [3.8, 4) is 0 Å². The summed E-state index contributed by atoms with van der Waals surface area (Å²) in [6.45, 7) is 5.67. The van der Waals surface area contributed by atoms with Crippen LogP contribution in [0.1, 0.15) is 38.4 Å². The molecule has 0 aromatic heterocycles. The molecule has 0 spiro atoms. The van der Waals surface area contributed by atoms with Crippen LogP contribution in [0.15, 0.2) is 30.3 Å². The topological polar surface area (TPSA) is 52.6 Å². The minimum absolute atomic E-state index is 0.0864. The second-order valence-corrected chi connectivity index (χ2v) is 5.69. The predicted octanol–water partition coefficient (Wildman–Crippen LogP) is 1.71. The van der Waals surface area contributed by atoms with Crippen molar-refractivity contribution < 1.29 is 9.90 Å². The molecule has 2 N–H and O–H groups in total. The second kappa shape index (κ2) is 6.86. The van der Waals surface area contributed by atoms with E-state index in [0.29, 0.717) is 18.2 Å². The largest absolute Gasteiger partial charge is 0.378 e. The summed E-state index contributed by atoms with van der Waals surface area (Å²) in [4.78, 5) is 14.3. The Morgan fingerprint density at radius 2 is 2.10 bits per heavy atom. The highest BCUT2D eigenvalue weighted by Gasteiger charge is 2.28. The van der Waals surface area contributed by atoms with Gasteiger partial charge in [-0.25, -0.2) is 0 Å². The Hall–Kier alpha value is -1.39. The zero-order valence-electron chi connectivity index (χ0n) is 12.2. The number of benzene rings is 1. The number of hydrogen-bond acceptors (Lipinski definition) is 3. The van der Waals surface area contributed by atoms with E-state index in [1.807, 2.05) is 32.0 Å². The Morgan fingerprint density at radius 3 is 2.65 bits per heavy atom. The van der Waals surface area contributed by atoms with Gasteiger partial charge in [0.25, 0.3) is 5.91 Å². The third kappa shape index (κ3) is 3.58. The molecule has 0 aliphatic carbocycles. The van der Waals surface area contributed by atoms with E-state index in [1.54, 1.807) is 17.0 Å². The van der Waals surface area contributed by atoms with Crippen LogP contribution in [-0.2, 0) is 4.79 Å². The molecule has 1 amide bonds. The maximum Gasteiger partial charge on any atom is 0.256 e. The first-order valence-corrected chi connectivity index (χ1v) is 7.36. The monoisotopic (exact) mass is 276 g/mol. The number of rotatable bonds is 5. The number of nitrogens with zero attached hydrogens (tertiary/aromatic N) is 1. The highest BCUT2D eigenvalue weighted by Crippen LogP contribution is 2.18. The highest BCUT2D eigenvalue weighted by atomic mass is 16.3. The van der Waals surface area contributed by atoms with E-state index in [2.05, 4.69) is 5.32 Å². The fourth-order valence-corrected chi connectivity index (χ4v) is 2.64. The molecule has 0 bridgehead atoms. The molecule has 2 atom stereocenters. The molecule has 1 aromatic rings. The highest BCUT2D eigenvalue weighted by molar-refractivity contribution is 5.82. The lowest BCUT2D eigenvalue weighted by atomic mass is 10.1. The molecule has 0 saturated carbocycles. The van der Waals surface area contributed by atoms with Gasteiger partial charge < -0.3 is 15.3 Å². The van der Waals surface area contributed by atoms with Gasteiger partial charge in [0, 0.05) is 18.6 Å². The molecule has 1 aliphatic heterocycles. The van der Waals surface area contributed by atoms with Crippen molar-refractivity contribution in [2.24, 2.45) is 0 Å². The van der Waals surface area contributed by atoms with E-state index in [0.717, 1.165) is 19.4 Å². The number of aliphatic hydroxyl groups excluding tert-OH is 1. The molecule has 1 fully saturated rings. The maximum absolute atomic E-state index is 12.5. The fraction of sp³-hybridized carbons (Fsp3) is 0.562. The Labute approximate surface area is 120 Å². The molecule has 0 radical (unpaired) electrons. The second-order valence-electron chi connectivity index (χ2n) is 5.69. The Balaban J connectivity index is 2.06. The summed E-state index contributed by atoms with van der Waals surface area (Å²) in [6, 6.07) is 9.56. The van der Waals surface area contributed by atoms with Crippen molar-refractivity contribution in [2.75, 3.05) is 13.1 Å². The van der Waals surface area contributed by atoms with Crippen LogP contribution in [0.5, 0.6) is 0 Å². The summed E-state index contributed by atoms with van der Waals surface area (Å²) in [6.07, 6.45) is 1.18. The van der Waals surface area contributed by atoms with Crippen LogP contribution in [0.4, 0.5) is 0 Å². The van der Waals surface area contributed by atoms with Crippen LogP contribution in [-0.4, -0.2) is 41.1 Å². The van der Waals surface area contributed by atoms with Gasteiger partial charge in [-0.05, 0) is 38.8 Å². The number of nitrogens with one attached hydrogen (secondary N) is 1. The minimum Gasteiger partial charge on any atom is -0.378 e. The van der Waals surface area contributed by atoms with E-state index < -0.39 is 6.10 Å². The third-order valence-electron chi connectivity index (χ3n) is 3.84. The van der Waals surface area contributed by atoms with Crippen LogP contribution in [0.2, 0.25) is 0 Å². The van der Waals surface area contributed by atoms with Crippen molar-refractivity contribution in [3.05, 3.63) is 35.9 Å². The van der Waals surface area contributed by atoms with Crippen LogP contribution in [0.25, 0.3) is 0 Å². The van der Waals surface area contributed by atoms with Crippen molar-refractivity contribution in [3.63, 3.8) is 0 Å². The smallest absolute Gasteiger partial charge is 0.256 e. The van der Waals surface area contributed by atoms with Crippen LogP contribution in [0, 0.1) is 0 Å². The van der Waals surface area contributed by atoms with Crippen molar-refractivity contribution in [1.82, 2.24) is 10.2 Å². The fourth-order valence-electron chi connectivity index (χ4n) is 2.64. The van der Waals surface area contributed by atoms with Crippen molar-refractivity contribution >= 4 is 5.91 Å². The minimum atomic E-state index is -1.07. The third-order valence-corrected chi connectivity index (χ3v) is 3.84. The van der Waals surface area contributed by atoms with Crippen LogP contribution >= 0.6 is 0 Å². The van der Waals surface area contributed by atoms with Gasteiger partial charge in [0.2, 0.25) is 0 Å². The SMILES string of the molecule is CC(C)N(CC1CCCN1)C(=O)C(O)c1ccccc1. The first-order valence-electron chi connectivity index (χ1n) is 7.36. The molecule has 2 rings (SSSR count). The molecule has 2 unspecified atom stereocenters. The summed E-state index contributed by atoms with van der Waals surface area (Å²) in [5.41, 5.74) is 0.655. The summed E-state index contributed by atoms with van der Waals surface area (Å²) in [7, 11) is 0. The number of hydrogen-bond donors (Lipinski definition) is 2. The van der Waals surface area contributed by atoms with E-state index >= 15 is 0 Å². The van der Waals surface area contributed by atoms with Crippen molar-refractivity contribution in [2.45, 2.75) is 44.9 Å². The maximum atomic E-state index is 12.5. The zero-order chi connectivity index (χ0) is 14.5. The number of carbonyl (C=O) groups excluding carboxylic acids is 1. The Kier molecular flexibility index (Phi) is 5.15. The van der Waals surface area contributed by atoms with Crippen LogP contribution < -0.4 is 5.32 Å². The lowest BCUT2D eigenvalue weighted by Gasteiger charge is -2.31. The van der Waals surface area contributed by atoms with Gasteiger partial charge in [-0.1, -0.05) is 30.3 Å². The van der Waals surface area contributed by atoms with Gasteiger partial charge in [0.15, 0.2) is 6.10 Å². The van der Waals surface area contributed by atoms with Gasteiger partial charge in [-0.3, -0.25) is 4.79 Å². The van der Waals surface area contributed by atoms with E-state index in [4.69, 9.17) is 0 Å². The summed E-state index contributed by atoms with van der Waals surface area (Å²) < 4.78 is 0. The van der Waals surface area contributed by atoms with E-state index in [9.17, 15) is 9.90 Å².